The van der Waals surface area contributed by atoms with Gasteiger partial charge in [0.1, 0.15) is 4.84 Å². The fourth-order valence-corrected chi connectivity index (χ4v) is 0. The van der Waals surface area contributed by atoms with Gasteiger partial charge in [-0.2, -0.15) is 0 Å². The predicted molar refractivity (Wildman–Crippen MR) is 26.9 cm³/mol. The molecular formula is C2H4Cl2Na. The quantitative estimate of drug-likeness (QED) is 0.336. The van der Waals surface area contributed by atoms with Gasteiger partial charge in [-0.05, 0) is 6.92 Å². The van der Waals surface area contributed by atoms with Crippen molar-refractivity contribution in [2.24, 2.45) is 0 Å². The Morgan fingerprint density at radius 1 is 1.40 bits per heavy atom. The zero-order chi connectivity index (χ0) is 3.58. The molecule has 0 aromatic rings. The van der Waals surface area contributed by atoms with E-state index < -0.39 is 0 Å². The van der Waals surface area contributed by atoms with Crippen LogP contribution in [0.25, 0.3) is 0 Å². The Kier molecular flexibility index (Phi) is 10.9. The molecule has 0 amide bonds. The fourth-order valence-electron chi connectivity index (χ4n) is 0. The van der Waals surface area contributed by atoms with Gasteiger partial charge in [0, 0.05) is 29.6 Å². The molecule has 0 spiro atoms. The van der Waals surface area contributed by atoms with Gasteiger partial charge >= 0.3 is 0 Å². The Morgan fingerprint density at radius 2 is 1.40 bits per heavy atom. The minimum Gasteiger partial charge on any atom is -0.106 e. The van der Waals surface area contributed by atoms with Crippen LogP contribution in [0.5, 0.6) is 0 Å². The monoisotopic (exact) mass is 121 g/mol. The summed E-state index contributed by atoms with van der Waals surface area (Å²) >= 11 is 10.1. The third-order valence-electron chi connectivity index (χ3n) is 0. The first kappa shape index (κ1) is 9.77. The Bertz CT molecular complexity index is 12.4. The first-order valence-corrected chi connectivity index (χ1v) is 1.89. The summed E-state index contributed by atoms with van der Waals surface area (Å²) in [4.78, 5) is -0.222. The van der Waals surface area contributed by atoms with Crippen molar-refractivity contribution in [3.8, 4) is 0 Å². The molecule has 5 heavy (non-hydrogen) atoms. The van der Waals surface area contributed by atoms with Gasteiger partial charge in [-0.15, -0.1) is 23.2 Å². The van der Waals surface area contributed by atoms with Crippen molar-refractivity contribution in [2.75, 3.05) is 0 Å². The average Bonchev–Trinajstić information content (AvgIpc) is 0.811. The second kappa shape index (κ2) is 5.58. The van der Waals surface area contributed by atoms with E-state index in [0.29, 0.717) is 0 Å². The Balaban J connectivity index is 0. The molecule has 0 bridgehead atoms. The van der Waals surface area contributed by atoms with E-state index in [1.165, 1.54) is 0 Å². The van der Waals surface area contributed by atoms with E-state index >= 15 is 0 Å². The van der Waals surface area contributed by atoms with Crippen LogP contribution < -0.4 is 0 Å². The minimum atomic E-state index is -0.222. The fraction of sp³-hybridized carbons (Fsp3) is 1.00. The summed E-state index contributed by atoms with van der Waals surface area (Å²) in [7, 11) is 0. The minimum absolute atomic E-state index is 0. The number of alkyl halides is 2. The van der Waals surface area contributed by atoms with Gasteiger partial charge < -0.3 is 0 Å². The number of hydrogen-bond acceptors (Lipinski definition) is 0. The van der Waals surface area contributed by atoms with Crippen molar-refractivity contribution in [1.29, 1.82) is 0 Å². The van der Waals surface area contributed by atoms with Gasteiger partial charge in [-0.1, -0.05) is 0 Å². The third kappa shape index (κ3) is 28.6. The Hall–Kier alpha value is 1.58. The summed E-state index contributed by atoms with van der Waals surface area (Å²) in [5.41, 5.74) is 0. The van der Waals surface area contributed by atoms with Gasteiger partial charge in [0.15, 0.2) is 0 Å². The normalized spacial score (nSPS) is 7.20. The molecule has 0 unspecified atom stereocenters. The summed E-state index contributed by atoms with van der Waals surface area (Å²) < 4.78 is 0. The van der Waals surface area contributed by atoms with Crippen molar-refractivity contribution >= 4 is 52.8 Å². The summed E-state index contributed by atoms with van der Waals surface area (Å²) in [6.07, 6.45) is 0. The molecule has 0 aliphatic carbocycles. The molecule has 27 valence electrons. The molecule has 0 aliphatic heterocycles. The van der Waals surface area contributed by atoms with E-state index in [1.54, 1.807) is 6.92 Å². The summed E-state index contributed by atoms with van der Waals surface area (Å²) in [6.45, 7) is 1.70. The second-order valence-electron chi connectivity index (χ2n) is 0.519. The van der Waals surface area contributed by atoms with Gasteiger partial charge in [-0.3, -0.25) is 0 Å². The Labute approximate surface area is 64.1 Å². The van der Waals surface area contributed by atoms with Gasteiger partial charge in [-0.25, -0.2) is 0 Å². The summed E-state index contributed by atoms with van der Waals surface area (Å²) in [5, 5.41) is 0. The van der Waals surface area contributed by atoms with Crippen LogP contribution in [0.1, 0.15) is 6.92 Å². The summed E-state index contributed by atoms with van der Waals surface area (Å²) in [6, 6.07) is 0. The van der Waals surface area contributed by atoms with Gasteiger partial charge in [0.05, 0.1) is 0 Å². The molecule has 0 heterocycles. The average molecular weight is 122 g/mol. The molecule has 0 rings (SSSR count). The first-order chi connectivity index (χ1) is 1.73. The Morgan fingerprint density at radius 3 is 1.40 bits per heavy atom. The molecule has 0 aromatic heterocycles. The van der Waals surface area contributed by atoms with Crippen LogP contribution >= 0.6 is 23.2 Å². The molecule has 3 heteroatoms. The van der Waals surface area contributed by atoms with E-state index in [1.807, 2.05) is 0 Å². The third-order valence-corrected chi connectivity index (χ3v) is 0. The molecule has 0 aliphatic rings. The van der Waals surface area contributed by atoms with E-state index in [4.69, 9.17) is 23.2 Å². The SMILES string of the molecule is CC(Cl)Cl.[Na]. The van der Waals surface area contributed by atoms with Crippen LogP contribution in [0.4, 0.5) is 0 Å². The van der Waals surface area contributed by atoms with E-state index in [-0.39, 0.29) is 34.4 Å². The molecule has 0 atom stereocenters. The molecule has 0 fully saturated rings. The molecule has 1 radical (unpaired) electrons. The van der Waals surface area contributed by atoms with E-state index in [2.05, 4.69) is 0 Å². The number of halogens is 2. The summed E-state index contributed by atoms with van der Waals surface area (Å²) in [5.74, 6) is 0. The molecule has 0 saturated carbocycles. The van der Waals surface area contributed by atoms with E-state index in [9.17, 15) is 0 Å². The van der Waals surface area contributed by atoms with Crippen molar-refractivity contribution in [3.63, 3.8) is 0 Å². The standard InChI is InChI=1S/C2H4Cl2.Na/c1-2(3)4;/h2H,1H3;. The molecule has 0 saturated heterocycles. The second-order valence-corrected chi connectivity index (χ2v) is 2.05. The van der Waals surface area contributed by atoms with Crippen LogP contribution in [0.15, 0.2) is 0 Å². The predicted octanol–water partition coefficient (Wildman–Crippen LogP) is 1.43. The maximum absolute atomic E-state index is 5.04. The zero-order valence-electron chi connectivity index (χ0n) is 3.33. The molecule has 0 N–H and O–H groups in total. The van der Waals surface area contributed by atoms with Crippen molar-refractivity contribution < 1.29 is 0 Å². The molecule has 0 aromatic carbocycles. The van der Waals surface area contributed by atoms with Crippen LogP contribution in [0.2, 0.25) is 0 Å². The van der Waals surface area contributed by atoms with Crippen molar-refractivity contribution in [3.05, 3.63) is 0 Å². The van der Waals surface area contributed by atoms with Crippen LogP contribution in [-0.2, 0) is 0 Å². The van der Waals surface area contributed by atoms with E-state index in [0.717, 1.165) is 0 Å². The molecule has 0 nitrogen and oxygen atoms in total. The van der Waals surface area contributed by atoms with Crippen molar-refractivity contribution in [1.82, 2.24) is 0 Å². The largest absolute Gasteiger partial charge is 0.106 e. The molecular weight excluding hydrogens is 118 g/mol. The maximum atomic E-state index is 5.04. The topological polar surface area (TPSA) is 0 Å². The van der Waals surface area contributed by atoms with Gasteiger partial charge in [0.2, 0.25) is 0 Å². The number of hydrogen-bond donors (Lipinski definition) is 0. The van der Waals surface area contributed by atoms with Crippen LogP contribution in [0.3, 0.4) is 0 Å². The zero-order valence-corrected chi connectivity index (χ0v) is 6.85. The van der Waals surface area contributed by atoms with Crippen LogP contribution in [-0.4, -0.2) is 34.4 Å². The number of rotatable bonds is 0. The first-order valence-electron chi connectivity index (χ1n) is 1.01. The maximum Gasteiger partial charge on any atom is 0.105 e. The van der Waals surface area contributed by atoms with Gasteiger partial charge in [0.25, 0.3) is 0 Å². The van der Waals surface area contributed by atoms with Crippen molar-refractivity contribution in [2.45, 2.75) is 11.8 Å². The van der Waals surface area contributed by atoms with Crippen LogP contribution in [0, 0.1) is 0 Å². The smallest absolute Gasteiger partial charge is 0.105 e.